The van der Waals surface area contributed by atoms with E-state index in [2.05, 4.69) is 4.90 Å². The minimum atomic E-state index is -0.207. The van der Waals surface area contributed by atoms with E-state index in [0.717, 1.165) is 62.3 Å². The van der Waals surface area contributed by atoms with Crippen LogP contribution in [-0.2, 0) is 22.6 Å². The van der Waals surface area contributed by atoms with Gasteiger partial charge in [0.05, 0.1) is 6.42 Å². The van der Waals surface area contributed by atoms with Crippen molar-refractivity contribution in [3.8, 4) is 11.5 Å². The summed E-state index contributed by atoms with van der Waals surface area (Å²) < 4.78 is 24.2. The van der Waals surface area contributed by atoms with E-state index in [1.54, 1.807) is 12.1 Å². The molecule has 1 atom stereocenters. The molecule has 0 unspecified atom stereocenters. The normalized spacial score (nSPS) is 22.6. The summed E-state index contributed by atoms with van der Waals surface area (Å²) >= 11 is 0. The zero-order chi connectivity index (χ0) is 24.7. The third-order valence-electron chi connectivity index (χ3n) is 8.37. The summed E-state index contributed by atoms with van der Waals surface area (Å²) in [6.45, 7) is 5.44. The number of carbonyl (C=O) groups excluding carboxylic acids is 2. The van der Waals surface area contributed by atoms with Crippen LogP contribution >= 0.6 is 0 Å². The van der Waals surface area contributed by atoms with Gasteiger partial charge >= 0.3 is 0 Å². The summed E-state index contributed by atoms with van der Waals surface area (Å²) in [7, 11) is 0. The van der Waals surface area contributed by atoms with E-state index in [0.29, 0.717) is 31.8 Å². The highest BCUT2D eigenvalue weighted by atomic mass is 19.1. The Bertz CT molecular complexity index is 1160. The van der Waals surface area contributed by atoms with E-state index < -0.39 is 0 Å². The number of halogens is 1. The predicted molar refractivity (Wildman–Crippen MR) is 131 cm³/mol. The van der Waals surface area contributed by atoms with E-state index in [4.69, 9.17) is 9.47 Å². The summed E-state index contributed by atoms with van der Waals surface area (Å²) in [5.74, 6) is 1.72. The van der Waals surface area contributed by atoms with Crippen LogP contribution in [0.2, 0.25) is 0 Å². The quantitative estimate of drug-likeness (QED) is 0.641. The number of carbonyl (C=O) groups is 2. The van der Waals surface area contributed by atoms with Crippen molar-refractivity contribution in [2.24, 2.45) is 11.3 Å². The average Bonchev–Trinajstić information content (AvgIpc) is 3.36. The zero-order valence-electron chi connectivity index (χ0n) is 20.5. The molecular weight excluding hydrogens is 461 g/mol. The van der Waals surface area contributed by atoms with Gasteiger partial charge in [0, 0.05) is 51.7 Å². The first-order valence-corrected chi connectivity index (χ1v) is 12.9. The number of hydrogen-bond donors (Lipinski definition) is 0. The lowest BCUT2D eigenvalue weighted by Gasteiger charge is -2.36. The summed E-state index contributed by atoms with van der Waals surface area (Å²) in [5, 5.41) is 0. The topological polar surface area (TPSA) is 62.3 Å². The summed E-state index contributed by atoms with van der Waals surface area (Å²) in [6.07, 6.45) is 3.09. The Morgan fingerprint density at radius 2 is 1.67 bits per heavy atom. The minimum absolute atomic E-state index is 0.0747. The van der Waals surface area contributed by atoms with Crippen molar-refractivity contribution in [2.75, 3.05) is 46.1 Å². The molecule has 190 valence electrons. The van der Waals surface area contributed by atoms with Crippen molar-refractivity contribution < 1.29 is 23.5 Å². The highest BCUT2D eigenvalue weighted by molar-refractivity contribution is 5.83. The molecule has 8 heteroatoms. The molecule has 3 heterocycles. The maximum Gasteiger partial charge on any atom is 0.231 e. The van der Waals surface area contributed by atoms with Gasteiger partial charge in [-0.2, -0.15) is 0 Å². The summed E-state index contributed by atoms with van der Waals surface area (Å²) in [6, 6.07) is 12.4. The maximum atomic E-state index is 13.5. The fraction of sp³-hybridized carbons (Fsp3) is 0.500. The molecule has 1 aliphatic carbocycles. The van der Waals surface area contributed by atoms with Crippen LogP contribution in [0.25, 0.3) is 0 Å². The molecule has 1 spiro atoms. The summed E-state index contributed by atoms with van der Waals surface area (Å²) in [4.78, 5) is 32.4. The molecule has 2 aromatic carbocycles. The Kier molecular flexibility index (Phi) is 6.07. The van der Waals surface area contributed by atoms with Gasteiger partial charge in [-0.05, 0) is 60.1 Å². The number of amides is 2. The van der Waals surface area contributed by atoms with Gasteiger partial charge in [0.2, 0.25) is 18.6 Å². The largest absolute Gasteiger partial charge is 0.454 e. The van der Waals surface area contributed by atoms with Gasteiger partial charge < -0.3 is 19.3 Å². The number of fused-ring (bicyclic) bond motifs is 1. The van der Waals surface area contributed by atoms with Gasteiger partial charge in [0.25, 0.3) is 0 Å². The first-order chi connectivity index (χ1) is 17.5. The molecule has 36 heavy (non-hydrogen) atoms. The van der Waals surface area contributed by atoms with Crippen LogP contribution in [-0.4, -0.2) is 72.6 Å². The van der Waals surface area contributed by atoms with Crippen LogP contribution < -0.4 is 9.47 Å². The second-order valence-corrected chi connectivity index (χ2v) is 10.6. The molecule has 0 bridgehead atoms. The fourth-order valence-corrected chi connectivity index (χ4v) is 6.03. The second-order valence-electron chi connectivity index (χ2n) is 10.6. The molecule has 2 aromatic rings. The van der Waals surface area contributed by atoms with Gasteiger partial charge in [-0.15, -0.1) is 0 Å². The fourth-order valence-electron chi connectivity index (χ4n) is 6.03. The number of piperazine rings is 1. The molecule has 0 N–H and O–H groups in total. The standard InChI is InChI=1S/C28H32FN3O4/c29-22-3-1-2-21(14-22)18-30-10-12-32(13-11-30)27(34)23-17-28(23)6-8-31(9-7-28)26(33)16-20-4-5-24-25(15-20)36-19-35-24/h1-5,14-15,23H,6-13,16-19H2/t23-/m1/s1. The molecule has 7 nitrogen and oxygen atoms in total. The minimum Gasteiger partial charge on any atom is -0.454 e. The highest BCUT2D eigenvalue weighted by Crippen LogP contribution is 2.60. The van der Waals surface area contributed by atoms with E-state index in [9.17, 15) is 14.0 Å². The Morgan fingerprint density at radius 1 is 0.889 bits per heavy atom. The Labute approximate surface area is 210 Å². The number of likely N-dealkylation sites (tertiary alicyclic amines) is 1. The highest BCUT2D eigenvalue weighted by Gasteiger charge is 2.59. The molecule has 3 aliphatic heterocycles. The number of benzene rings is 2. The summed E-state index contributed by atoms with van der Waals surface area (Å²) in [5.41, 5.74) is 1.97. The molecule has 2 saturated heterocycles. The number of rotatable bonds is 5. The Hall–Kier alpha value is -3.13. The number of nitrogens with zero attached hydrogens (tertiary/aromatic N) is 3. The van der Waals surface area contributed by atoms with Crippen LogP contribution in [0, 0.1) is 17.2 Å². The molecular formula is C28H32FN3O4. The lowest BCUT2D eigenvalue weighted by atomic mass is 9.90. The first kappa shape index (κ1) is 23.3. The molecule has 3 fully saturated rings. The second kappa shape index (κ2) is 9.39. The molecule has 0 radical (unpaired) electrons. The van der Waals surface area contributed by atoms with Crippen LogP contribution in [0.5, 0.6) is 11.5 Å². The van der Waals surface area contributed by atoms with E-state index in [-0.39, 0.29) is 35.8 Å². The van der Waals surface area contributed by atoms with Crippen molar-refractivity contribution in [1.29, 1.82) is 0 Å². The number of piperidine rings is 1. The van der Waals surface area contributed by atoms with E-state index in [1.165, 1.54) is 6.07 Å². The van der Waals surface area contributed by atoms with E-state index >= 15 is 0 Å². The van der Waals surface area contributed by atoms with Crippen molar-refractivity contribution in [2.45, 2.75) is 32.2 Å². The zero-order valence-corrected chi connectivity index (χ0v) is 20.5. The molecule has 2 amide bonds. The van der Waals surface area contributed by atoms with E-state index in [1.807, 2.05) is 34.1 Å². The number of hydrogen-bond acceptors (Lipinski definition) is 5. The maximum absolute atomic E-state index is 13.5. The molecule has 6 rings (SSSR count). The molecule has 0 aromatic heterocycles. The SMILES string of the molecule is O=C(Cc1ccc2c(c1)OCO2)N1CCC2(CC1)C[C@@H]2C(=O)N1CCN(Cc2cccc(F)c2)CC1. The number of ether oxygens (including phenoxy) is 2. The van der Waals surface area contributed by atoms with Gasteiger partial charge in [0.15, 0.2) is 11.5 Å². The third-order valence-corrected chi connectivity index (χ3v) is 8.37. The predicted octanol–water partition coefficient (Wildman–Crippen LogP) is 3.07. The molecule has 1 saturated carbocycles. The van der Waals surface area contributed by atoms with Gasteiger partial charge in [-0.3, -0.25) is 14.5 Å². The van der Waals surface area contributed by atoms with Gasteiger partial charge in [-0.1, -0.05) is 18.2 Å². The van der Waals surface area contributed by atoms with Gasteiger partial charge in [-0.25, -0.2) is 4.39 Å². The first-order valence-electron chi connectivity index (χ1n) is 12.9. The smallest absolute Gasteiger partial charge is 0.231 e. The van der Waals surface area contributed by atoms with Crippen molar-refractivity contribution in [1.82, 2.24) is 14.7 Å². The Balaban J connectivity index is 0.962. The average molecular weight is 494 g/mol. The van der Waals surface area contributed by atoms with Crippen LogP contribution in [0.1, 0.15) is 30.4 Å². The lowest BCUT2D eigenvalue weighted by Crippen LogP contribution is -2.49. The third kappa shape index (κ3) is 4.66. The van der Waals surface area contributed by atoms with Gasteiger partial charge in [0.1, 0.15) is 5.82 Å². The monoisotopic (exact) mass is 493 g/mol. The van der Waals surface area contributed by atoms with Crippen LogP contribution in [0.4, 0.5) is 4.39 Å². The van der Waals surface area contributed by atoms with Crippen molar-refractivity contribution in [3.05, 3.63) is 59.4 Å². The lowest BCUT2D eigenvalue weighted by molar-refractivity contribution is -0.136. The van der Waals surface area contributed by atoms with Crippen molar-refractivity contribution >= 4 is 11.8 Å². The molecule has 4 aliphatic rings. The Morgan fingerprint density at radius 3 is 2.44 bits per heavy atom. The van der Waals surface area contributed by atoms with Crippen LogP contribution in [0.3, 0.4) is 0 Å². The van der Waals surface area contributed by atoms with Crippen LogP contribution in [0.15, 0.2) is 42.5 Å². The van der Waals surface area contributed by atoms with Crippen molar-refractivity contribution in [3.63, 3.8) is 0 Å².